The van der Waals surface area contributed by atoms with Crippen molar-refractivity contribution in [3.8, 4) is 5.75 Å². The summed E-state index contributed by atoms with van der Waals surface area (Å²) in [6.07, 6.45) is 2.21. The molecule has 1 aliphatic rings. The van der Waals surface area contributed by atoms with E-state index in [0.29, 0.717) is 19.8 Å². The average molecular weight is 335 g/mol. The third-order valence-electron chi connectivity index (χ3n) is 4.07. The first-order valence-electron chi connectivity index (χ1n) is 8.44. The van der Waals surface area contributed by atoms with Crippen molar-refractivity contribution in [1.29, 1.82) is 0 Å². The summed E-state index contributed by atoms with van der Waals surface area (Å²) in [5, 5.41) is 6.67. The third kappa shape index (κ3) is 6.02. The SMILES string of the molecule is CN=C(NCc1cccc(OCCOC)c1)NCC1(C)CCCO1. The molecule has 0 radical (unpaired) electrons. The van der Waals surface area contributed by atoms with E-state index in [9.17, 15) is 0 Å². The van der Waals surface area contributed by atoms with Crippen LogP contribution in [0.1, 0.15) is 25.3 Å². The van der Waals surface area contributed by atoms with Crippen LogP contribution in [0.5, 0.6) is 5.75 Å². The van der Waals surface area contributed by atoms with Crippen molar-refractivity contribution >= 4 is 5.96 Å². The number of guanidine groups is 1. The molecule has 0 aliphatic carbocycles. The van der Waals surface area contributed by atoms with E-state index in [2.05, 4.69) is 28.6 Å². The number of ether oxygens (including phenoxy) is 3. The first-order chi connectivity index (χ1) is 11.6. The Labute approximate surface area is 144 Å². The van der Waals surface area contributed by atoms with E-state index in [4.69, 9.17) is 14.2 Å². The van der Waals surface area contributed by atoms with Gasteiger partial charge in [0.1, 0.15) is 12.4 Å². The van der Waals surface area contributed by atoms with Gasteiger partial charge in [0.15, 0.2) is 5.96 Å². The highest BCUT2D eigenvalue weighted by atomic mass is 16.5. The summed E-state index contributed by atoms with van der Waals surface area (Å²) < 4.78 is 16.4. The highest BCUT2D eigenvalue weighted by molar-refractivity contribution is 5.79. The number of nitrogens with zero attached hydrogens (tertiary/aromatic N) is 1. The molecule has 1 aliphatic heterocycles. The smallest absolute Gasteiger partial charge is 0.191 e. The lowest BCUT2D eigenvalue weighted by atomic mass is 10.0. The summed E-state index contributed by atoms with van der Waals surface area (Å²) in [5.41, 5.74) is 1.04. The highest BCUT2D eigenvalue weighted by Crippen LogP contribution is 2.23. The van der Waals surface area contributed by atoms with E-state index in [1.807, 2.05) is 18.2 Å². The Morgan fingerprint density at radius 2 is 2.21 bits per heavy atom. The molecule has 1 atom stereocenters. The van der Waals surface area contributed by atoms with Crippen molar-refractivity contribution in [2.24, 2.45) is 4.99 Å². The molecule has 0 aromatic heterocycles. The van der Waals surface area contributed by atoms with E-state index >= 15 is 0 Å². The predicted octanol–water partition coefficient (Wildman–Crippen LogP) is 1.95. The second-order valence-electron chi connectivity index (χ2n) is 6.17. The van der Waals surface area contributed by atoms with Gasteiger partial charge in [-0.25, -0.2) is 0 Å². The second kappa shape index (κ2) is 9.49. The van der Waals surface area contributed by atoms with Crippen LogP contribution < -0.4 is 15.4 Å². The molecule has 1 unspecified atom stereocenters. The highest BCUT2D eigenvalue weighted by Gasteiger charge is 2.29. The number of methoxy groups -OCH3 is 1. The molecule has 2 N–H and O–H groups in total. The van der Waals surface area contributed by atoms with Gasteiger partial charge in [0.25, 0.3) is 0 Å². The number of nitrogens with one attached hydrogen (secondary N) is 2. The normalized spacial score (nSPS) is 20.9. The monoisotopic (exact) mass is 335 g/mol. The molecular formula is C18H29N3O3. The zero-order valence-electron chi connectivity index (χ0n) is 14.9. The van der Waals surface area contributed by atoms with E-state index in [0.717, 1.165) is 43.3 Å². The molecule has 0 amide bonds. The minimum Gasteiger partial charge on any atom is -0.491 e. The maximum absolute atomic E-state index is 5.79. The Balaban J connectivity index is 1.79. The molecule has 0 spiro atoms. The number of benzene rings is 1. The lowest BCUT2D eigenvalue weighted by Gasteiger charge is -2.24. The second-order valence-corrected chi connectivity index (χ2v) is 6.17. The molecule has 134 valence electrons. The van der Waals surface area contributed by atoms with Crippen LogP contribution in [-0.2, 0) is 16.0 Å². The van der Waals surface area contributed by atoms with Gasteiger partial charge >= 0.3 is 0 Å². The number of hydrogen-bond acceptors (Lipinski definition) is 4. The summed E-state index contributed by atoms with van der Waals surface area (Å²) in [6.45, 7) is 5.56. The summed E-state index contributed by atoms with van der Waals surface area (Å²) in [5.74, 6) is 1.62. The van der Waals surface area contributed by atoms with Gasteiger partial charge in [-0.15, -0.1) is 0 Å². The van der Waals surface area contributed by atoms with Crippen molar-refractivity contribution in [2.45, 2.75) is 31.9 Å². The zero-order chi connectivity index (χ0) is 17.3. The van der Waals surface area contributed by atoms with Crippen molar-refractivity contribution in [1.82, 2.24) is 10.6 Å². The van der Waals surface area contributed by atoms with Gasteiger partial charge in [-0.1, -0.05) is 12.1 Å². The molecule has 1 fully saturated rings. The lowest BCUT2D eigenvalue weighted by molar-refractivity contribution is 0.0243. The Morgan fingerprint density at radius 1 is 1.33 bits per heavy atom. The molecule has 1 saturated heterocycles. The maximum Gasteiger partial charge on any atom is 0.191 e. The molecule has 0 saturated carbocycles. The van der Waals surface area contributed by atoms with Gasteiger partial charge in [-0.05, 0) is 37.5 Å². The van der Waals surface area contributed by atoms with Crippen LogP contribution in [0.4, 0.5) is 0 Å². The maximum atomic E-state index is 5.79. The minimum atomic E-state index is -0.0906. The quantitative estimate of drug-likeness (QED) is 0.432. The van der Waals surface area contributed by atoms with Crippen LogP contribution in [0.2, 0.25) is 0 Å². The van der Waals surface area contributed by atoms with Crippen LogP contribution >= 0.6 is 0 Å². The van der Waals surface area contributed by atoms with Crippen molar-refractivity contribution in [3.63, 3.8) is 0 Å². The molecule has 6 nitrogen and oxygen atoms in total. The standard InChI is InChI=1S/C18H29N3O3/c1-18(8-5-9-24-18)14-21-17(19-2)20-13-15-6-4-7-16(12-15)23-11-10-22-3/h4,6-7,12H,5,8-11,13-14H2,1-3H3,(H2,19,20,21). The van der Waals surface area contributed by atoms with Gasteiger partial charge < -0.3 is 24.8 Å². The molecule has 1 heterocycles. The van der Waals surface area contributed by atoms with E-state index < -0.39 is 0 Å². The fourth-order valence-corrected chi connectivity index (χ4v) is 2.64. The molecule has 6 heteroatoms. The summed E-state index contributed by atoms with van der Waals surface area (Å²) in [6, 6.07) is 8.02. The largest absolute Gasteiger partial charge is 0.491 e. The molecular weight excluding hydrogens is 306 g/mol. The third-order valence-corrected chi connectivity index (χ3v) is 4.07. The average Bonchev–Trinajstić information content (AvgIpc) is 3.03. The lowest BCUT2D eigenvalue weighted by Crippen LogP contribution is -2.45. The van der Waals surface area contributed by atoms with Crippen LogP contribution in [0.3, 0.4) is 0 Å². The van der Waals surface area contributed by atoms with E-state index in [1.54, 1.807) is 14.2 Å². The first kappa shape index (κ1) is 18.5. The van der Waals surface area contributed by atoms with Crippen molar-refractivity contribution in [2.75, 3.05) is 40.5 Å². The summed E-state index contributed by atoms with van der Waals surface area (Å²) >= 11 is 0. The Bertz CT molecular complexity index is 528. The fraction of sp³-hybridized carbons (Fsp3) is 0.611. The van der Waals surface area contributed by atoms with Crippen LogP contribution in [-0.4, -0.2) is 52.1 Å². The molecule has 1 aromatic carbocycles. The fourth-order valence-electron chi connectivity index (χ4n) is 2.64. The van der Waals surface area contributed by atoms with Crippen molar-refractivity contribution < 1.29 is 14.2 Å². The predicted molar refractivity (Wildman–Crippen MR) is 95.6 cm³/mol. The van der Waals surface area contributed by atoms with E-state index in [-0.39, 0.29) is 5.60 Å². The number of aliphatic imine (C=N–C) groups is 1. The van der Waals surface area contributed by atoms with Gasteiger partial charge in [-0.2, -0.15) is 0 Å². The molecule has 24 heavy (non-hydrogen) atoms. The zero-order valence-corrected chi connectivity index (χ0v) is 14.9. The van der Waals surface area contributed by atoms with Crippen molar-refractivity contribution in [3.05, 3.63) is 29.8 Å². The number of rotatable bonds is 8. The van der Waals surface area contributed by atoms with Crippen LogP contribution in [0, 0.1) is 0 Å². The summed E-state index contributed by atoms with van der Waals surface area (Å²) in [4.78, 5) is 4.27. The minimum absolute atomic E-state index is 0.0906. The molecule has 2 rings (SSSR count). The van der Waals surface area contributed by atoms with Crippen LogP contribution in [0.15, 0.2) is 29.3 Å². The Hall–Kier alpha value is -1.79. The van der Waals surface area contributed by atoms with Gasteiger partial charge in [-0.3, -0.25) is 4.99 Å². The Morgan fingerprint density at radius 3 is 2.92 bits per heavy atom. The summed E-state index contributed by atoms with van der Waals surface area (Å²) in [7, 11) is 3.44. The Kier molecular flexibility index (Phi) is 7.34. The van der Waals surface area contributed by atoms with Gasteiger partial charge in [0, 0.05) is 33.9 Å². The molecule has 0 bridgehead atoms. The molecule has 1 aromatic rings. The van der Waals surface area contributed by atoms with Crippen LogP contribution in [0.25, 0.3) is 0 Å². The van der Waals surface area contributed by atoms with Gasteiger partial charge in [0.2, 0.25) is 0 Å². The van der Waals surface area contributed by atoms with E-state index in [1.165, 1.54) is 0 Å². The number of hydrogen-bond donors (Lipinski definition) is 2. The topological polar surface area (TPSA) is 64.1 Å². The first-order valence-corrected chi connectivity index (χ1v) is 8.44. The van der Waals surface area contributed by atoms with Gasteiger partial charge in [0.05, 0.1) is 12.2 Å².